The summed E-state index contributed by atoms with van der Waals surface area (Å²) in [6.07, 6.45) is 2.39. The second-order valence-corrected chi connectivity index (χ2v) is 5.70. The minimum atomic E-state index is -0.340. The molecule has 0 bridgehead atoms. The van der Waals surface area contributed by atoms with Gasteiger partial charge in [0.25, 0.3) is 5.69 Å². The molecule has 1 heterocycles. The molecule has 1 aliphatic heterocycles. The SMILES string of the molecule is CCOC1CCN(c2ccc([N+](=O)[O-])c(I)c2)CC1. The zero-order valence-electron chi connectivity index (χ0n) is 10.8. The molecular weight excluding hydrogens is 359 g/mol. The molecule has 0 N–H and O–H groups in total. The fraction of sp³-hybridized carbons (Fsp3) is 0.538. The molecule has 1 saturated heterocycles. The predicted octanol–water partition coefficient (Wildman–Crippen LogP) is 3.20. The summed E-state index contributed by atoms with van der Waals surface area (Å²) in [5, 5.41) is 10.8. The average Bonchev–Trinajstić information content (AvgIpc) is 2.39. The van der Waals surface area contributed by atoms with Crippen LogP contribution < -0.4 is 4.90 Å². The van der Waals surface area contributed by atoms with Crippen LogP contribution in [0.3, 0.4) is 0 Å². The molecule has 0 saturated carbocycles. The van der Waals surface area contributed by atoms with E-state index in [1.165, 1.54) is 0 Å². The van der Waals surface area contributed by atoms with E-state index in [2.05, 4.69) is 4.90 Å². The lowest BCUT2D eigenvalue weighted by atomic mass is 10.1. The zero-order chi connectivity index (χ0) is 13.8. The Bertz CT molecular complexity index is 459. The summed E-state index contributed by atoms with van der Waals surface area (Å²) in [5.41, 5.74) is 1.23. The lowest BCUT2D eigenvalue weighted by Crippen LogP contribution is -2.37. The highest BCUT2D eigenvalue weighted by molar-refractivity contribution is 14.1. The smallest absolute Gasteiger partial charge is 0.282 e. The largest absolute Gasteiger partial charge is 0.378 e. The van der Waals surface area contributed by atoms with Gasteiger partial charge in [0.05, 0.1) is 14.6 Å². The Hall–Kier alpha value is -0.890. The van der Waals surface area contributed by atoms with Gasteiger partial charge in [-0.1, -0.05) is 0 Å². The maximum absolute atomic E-state index is 10.8. The molecule has 0 radical (unpaired) electrons. The van der Waals surface area contributed by atoms with Crippen LogP contribution in [0.15, 0.2) is 18.2 Å². The van der Waals surface area contributed by atoms with Crippen molar-refractivity contribution in [1.82, 2.24) is 0 Å². The summed E-state index contributed by atoms with van der Waals surface area (Å²) in [6, 6.07) is 5.31. The first-order valence-corrected chi connectivity index (χ1v) is 7.50. The molecule has 1 aliphatic rings. The van der Waals surface area contributed by atoms with Crippen LogP contribution in [0.4, 0.5) is 11.4 Å². The van der Waals surface area contributed by atoms with E-state index in [-0.39, 0.29) is 10.6 Å². The number of anilines is 1. The molecule has 2 rings (SSSR count). The van der Waals surface area contributed by atoms with Crippen molar-refractivity contribution in [2.45, 2.75) is 25.9 Å². The van der Waals surface area contributed by atoms with Crippen molar-refractivity contribution in [2.75, 3.05) is 24.6 Å². The summed E-state index contributed by atoms with van der Waals surface area (Å²) in [5.74, 6) is 0. The monoisotopic (exact) mass is 376 g/mol. The lowest BCUT2D eigenvalue weighted by Gasteiger charge is -2.33. The van der Waals surface area contributed by atoms with Crippen molar-refractivity contribution in [3.05, 3.63) is 31.9 Å². The highest BCUT2D eigenvalue weighted by Gasteiger charge is 2.21. The molecule has 19 heavy (non-hydrogen) atoms. The lowest BCUT2D eigenvalue weighted by molar-refractivity contribution is -0.385. The Morgan fingerprint density at radius 3 is 2.68 bits per heavy atom. The molecule has 0 aliphatic carbocycles. The third-order valence-corrected chi connectivity index (χ3v) is 4.20. The number of rotatable bonds is 4. The van der Waals surface area contributed by atoms with Gasteiger partial charge in [-0.25, -0.2) is 0 Å². The van der Waals surface area contributed by atoms with Gasteiger partial charge in [-0.05, 0) is 54.5 Å². The molecule has 104 valence electrons. The number of halogens is 1. The third-order valence-electron chi connectivity index (χ3n) is 3.34. The highest BCUT2D eigenvalue weighted by Crippen LogP contribution is 2.28. The fourth-order valence-corrected chi connectivity index (χ4v) is 3.05. The molecule has 1 aromatic carbocycles. The van der Waals surface area contributed by atoms with Crippen molar-refractivity contribution < 1.29 is 9.66 Å². The molecule has 0 spiro atoms. The van der Waals surface area contributed by atoms with E-state index < -0.39 is 0 Å². The Balaban J connectivity index is 2.04. The molecule has 1 fully saturated rings. The van der Waals surface area contributed by atoms with Crippen LogP contribution >= 0.6 is 22.6 Å². The number of nitrogens with zero attached hydrogens (tertiary/aromatic N) is 2. The molecule has 6 heteroatoms. The van der Waals surface area contributed by atoms with Crippen molar-refractivity contribution in [3.8, 4) is 0 Å². The Kier molecular flexibility index (Phi) is 4.98. The van der Waals surface area contributed by atoms with Gasteiger partial charge in [0, 0.05) is 31.5 Å². The molecule has 1 aromatic rings. The third kappa shape index (κ3) is 3.56. The normalized spacial score (nSPS) is 16.6. The second kappa shape index (κ2) is 6.51. The quantitative estimate of drug-likeness (QED) is 0.460. The molecular formula is C13H17IN2O3. The first-order valence-electron chi connectivity index (χ1n) is 6.42. The second-order valence-electron chi connectivity index (χ2n) is 4.53. The summed E-state index contributed by atoms with van der Waals surface area (Å²) >= 11 is 2.02. The number of nitro benzene ring substituents is 1. The molecule has 0 aromatic heterocycles. The van der Waals surface area contributed by atoms with E-state index in [4.69, 9.17) is 4.74 Å². The molecule has 5 nitrogen and oxygen atoms in total. The fourth-order valence-electron chi connectivity index (χ4n) is 2.36. The van der Waals surface area contributed by atoms with Crippen molar-refractivity contribution in [1.29, 1.82) is 0 Å². The number of ether oxygens (including phenoxy) is 1. The first kappa shape index (κ1) is 14.5. The van der Waals surface area contributed by atoms with Crippen LogP contribution in [-0.4, -0.2) is 30.7 Å². The number of hydrogen-bond acceptors (Lipinski definition) is 4. The number of piperidine rings is 1. The van der Waals surface area contributed by atoms with Gasteiger partial charge in [-0.3, -0.25) is 10.1 Å². The number of hydrogen-bond donors (Lipinski definition) is 0. The van der Waals surface area contributed by atoms with Crippen LogP contribution in [0.5, 0.6) is 0 Å². The first-order chi connectivity index (χ1) is 9.11. The van der Waals surface area contributed by atoms with Gasteiger partial charge in [0.15, 0.2) is 0 Å². The maximum atomic E-state index is 10.8. The van der Waals surface area contributed by atoms with Crippen LogP contribution in [0, 0.1) is 13.7 Å². The number of nitro groups is 1. The Morgan fingerprint density at radius 1 is 1.47 bits per heavy atom. The molecule has 0 atom stereocenters. The van der Waals surface area contributed by atoms with Crippen molar-refractivity contribution >= 4 is 34.0 Å². The van der Waals surface area contributed by atoms with Gasteiger partial charge in [0.2, 0.25) is 0 Å². The van der Waals surface area contributed by atoms with Gasteiger partial charge < -0.3 is 9.64 Å². The van der Waals surface area contributed by atoms with E-state index in [9.17, 15) is 10.1 Å². The number of benzene rings is 1. The van der Waals surface area contributed by atoms with Crippen LogP contribution in [0.2, 0.25) is 0 Å². The Morgan fingerprint density at radius 2 is 2.16 bits per heavy atom. The van der Waals surface area contributed by atoms with Crippen molar-refractivity contribution in [2.24, 2.45) is 0 Å². The van der Waals surface area contributed by atoms with Crippen LogP contribution in [0.25, 0.3) is 0 Å². The minimum Gasteiger partial charge on any atom is -0.378 e. The van der Waals surface area contributed by atoms with E-state index in [0.717, 1.165) is 38.2 Å². The minimum absolute atomic E-state index is 0.175. The van der Waals surface area contributed by atoms with E-state index in [1.807, 2.05) is 41.6 Å². The highest BCUT2D eigenvalue weighted by atomic mass is 127. The van der Waals surface area contributed by atoms with Crippen LogP contribution in [-0.2, 0) is 4.74 Å². The summed E-state index contributed by atoms with van der Waals surface area (Å²) in [4.78, 5) is 12.7. The topological polar surface area (TPSA) is 55.6 Å². The summed E-state index contributed by atoms with van der Waals surface area (Å²) in [6.45, 7) is 4.67. The Labute approximate surface area is 126 Å². The average molecular weight is 376 g/mol. The van der Waals surface area contributed by atoms with Gasteiger partial charge in [0.1, 0.15) is 0 Å². The van der Waals surface area contributed by atoms with E-state index in [1.54, 1.807) is 6.07 Å². The molecule has 0 unspecified atom stereocenters. The van der Waals surface area contributed by atoms with Crippen molar-refractivity contribution in [3.63, 3.8) is 0 Å². The zero-order valence-corrected chi connectivity index (χ0v) is 13.0. The standard InChI is InChI=1S/C13H17IN2O3/c1-2-19-11-5-7-15(8-6-11)10-3-4-13(16(17)18)12(14)9-10/h3-4,9,11H,2,5-8H2,1H3. The van der Waals surface area contributed by atoms with Gasteiger partial charge in [-0.2, -0.15) is 0 Å². The van der Waals surface area contributed by atoms with Crippen LogP contribution in [0.1, 0.15) is 19.8 Å². The molecule has 0 amide bonds. The summed E-state index contributed by atoms with van der Waals surface area (Å²) < 4.78 is 6.31. The predicted molar refractivity (Wildman–Crippen MR) is 82.7 cm³/mol. The van der Waals surface area contributed by atoms with Gasteiger partial charge in [-0.15, -0.1) is 0 Å². The maximum Gasteiger partial charge on any atom is 0.282 e. The van der Waals surface area contributed by atoms with Gasteiger partial charge >= 0.3 is 0 Å². The summed E-state index contributed by atoms with van der Waals surface area (Å²) in [7, 11) is 0. The van der Waals surface area contributed by atoms with E-state index in [0.29, 0.717) is 9.67 Å². The van der Waals surface area contributed by atoms with E-state index >= 15 is 0 Å².